The molecule has 0 bridgehead atoms. The lowest BCUT2D eigenvalue weighted by atomic mass is 10.2. The van der Waals surface area contributed by atoms with Crippen LogP contribution < -0.4 is 5.32 Å². The Morgan fingerprint density at radius 2 is 1.95 bits per heavy atom. The third-order valence-electron chi connectivity index (χ3n) is 2.32. The highest BCUT2D eigenvalue weighted by Gasteiger charge is 2.16. The summed E-state index contributed by atoms with van der Waals surface area (Å²) < 4.78 is 5.23. The van der Waals surface area contributed by atoms with E-state index in [1.807, 2.05) is 39.6 Å². The van der Waals surface area contributed by atoms with Crippen molar-refractivity contribution >= 4 is 11.9 Å². The fourth-order valence-corrected chi connectivity index (χ4v) is 1.48. The average Bonchev–Trinajstić information content (AvgIpc) is 2.29. The van der Waals surface area contributed by atoms with Crippen molar-refractivity contribution < 1.29 is 9.53 Å². The van der Waals surface area contributed by atoms with Gasteiger partial charge >= 0.3 is 5.97 Å². The molecule has 0 aliphatic carbocycles. The summed E-state index contributed by atoms with van der Waals surface area (Å²) in [7, 11) is 1.98. The summed E-state index contributed by atoms with van der Waals surface area (Å²) in [6.07, 6.45) is 2.24. The Hall–Kier alpha value is -1.26. The lowest BCUT2D eigenvalue weighted by molar-refractivity contribution is -0.152. The Kier molecular flexibility index (Phi) is 8.19. The van der Waals surface area contributed by atoms with Crippen LogP contribution in [0, 0.1) is 0 Å². The molecule has 0 fully saturated rings. The van der Waals surface area contributed by atoms with Gasteiger partial charge in [0.2, 0.25) is 0 Å². The zero-order valence-corrected chi connectivity index (χ0v) is 13.2. The Balaban J connectivity index is 4.44. The molecule has 0 rings (SSSR count). The van der Waals surface area contributed by atoms with Gasteiger partial charge in [0.25, 0.3) is 0 Å². The second-order valence-electron chi connectivity index (χ2n) is 5.53. The van der Waals surface area contributed by atoms with Crippen molar-refractivity contribution in [3.05, 3.63) is 0 Å². The molecule has 0 amide bonds. The summed E-state index contributed by atoms with van der Waals surface area (Å²) in [5.41, 5.74) is -0.459. The lowest BCUT2D eigenvalue weighted by Crippen LogP contribution is -2.40. The maximum atomic E-state index is 11.6. The van der Waals surface area contributed by atoms with E-state index in [9.17, 15) is 4.79 Å². The molecule has 0 spiro atoms. The maximum absolute atomic E-state index is 11.6. The molecule has 0 aromatic carbocycles. The quantitative estimate of drug-likeness (QED) is 0.456. The van der Waals surface area contributed by atoms with E-state index in [1.165, 1.54) is 0 Å². The molecule has 112 valence electrons. The summed E-state index contributed by atoms with van der Waals surface area (Å²) in [5, 5.41) is 3.18. The Labute approximate surface area is 117 Å². The van der Waals surface area contributed by atoms with Crippen LogP contribution >= 0.6 is 0 Å². The van der Waals surface area contributed by atoms with Crippen LogP contribution in [0.15, 0.2) is 4.99 Å². The molecular formula is C14H29N3O2. The number of esters is 1. The molecule has 0 saturated heterocycles. The van der Waals surface area contributed by atoms with Crippen molar-refractivity contribution in [2.75, 3.05) is 26.7 Å². The van der Waals surface area contributed by atoms with Crippen molar-refractivity contribution in [1.82, 2.24) is 10.2 Å². The van der Waals surface area contributed by atoms with E-state index < -0.39 is 5.60 Å². The standard InChI is InChI=1S/C14H29N3O2/c1-7-9-10-17(6)13(15-8-2)16-11-12(18)19-14(3,4)5/h7-11H2,1-6H3,(H,15,16). The van der Waals surface area contributed by atoms with Crippen LogP contribution in [0.4, 0.5) is 0 Å². The van der Waals surface area contributed by atoms with Gasteiger partial charge in [-0.15, -0.1) is 0 Å². The van der Waals surface area contributed by atoms with E-state index in [0.29, 0.717) is 0 Å². The van der Waals surface area contributed by atoms with Crippen LogP contribution in [-0.4, -0.2) is 49.1 Å². The molecule has 0 aromatic heterocycles. The molecule has 0 unspecified atom stereocenters. The number of rotatable bonds is 6. The number of guanidine groups is 1. The fraction of sp³-hybridized carbons (Fsp3) is 0.857. The zero-order chi connectivity index (χ0) is 14.9. The number of nitrogens with zero attached hydrogens (tertiary/aromatic N) is 2. The second kappa shape index (κ2) is 8.77. The van der Waals surface area contributed by atoms with Gasteiger partial charge in [0.05, 0.1) is 0 Å². The summed E-state index contributed by atoms with van der Waals surface area (Å²) in [4.78, 5) is 18.0. The number of carbonyl (C=O) groups excluding carboxylic acids is 1. The minimum Gasteiger partial charge on any atom is -0.459 e. The molecule has 19 heavy (non-hydrogen) atoms. The number of hydrogen-bond acceptors (Lipinski definition) is 3. The number of aliphatic imine (C=N–C) groups is 1. The van der Waals surface area contributed by atoms with E-state index >= 15 is 0 Å². The van der Waals surface area contributed by atoms with E-state index in [1.54, 1.807) is 0 Å². The Bertz CT molecular complexity index is 296. The summed E-state index contributed by atoms with van der Waals surface area (Å²) in [6.45, 7) is 11.5. The minimum atomic E-state index is -0.459. The van der Waals surface area contributed by atoms with Crippen LogP contribution in [0.5, 0.6) is 0 Å². The first-order valence-electron chi connectivity index (χ1n) is 7.01. The van der Waals surface area contributed by atoms with E-state index in [-0.39, 0.29) is 12.5 Å². The molecule has 0 aliphatic rings. The first-order chi connectivity index (χ1) is 8.80. The van der Waals surface area contributed by atoms with Gasteiger partial charge in [-0.1, -0.05) is 13.3 Å². The molecule has 5 nitrogen and oxygen atoms in total. The van der Waals surface area contributed by atoms with Gasteiger partial charge < -0.3 is 15.0 Å². The lowest BCUT2D eigenvalue weighted by Gasteiger charge is -2.22. The van der Waals surface area contributed by atoms with Crippen LogP contribution in [0.3, 0.4) is 0 Å². The number of hydrogen-bond donors (Lipinski definition) is 1. The predicted octanol–water partition coefficient (Wildman–Crippen LogP) is 2.03. The highest BCUT2D eigenvalue weighted by atomic mass is 16.6. The summed E-state index contributed by atoms with van der Waals surface area (Å²) in [6, 6.07) is 0. The van der Waals surface area contributed by atoms with Gasteiger partial charge in [0, 0.05) is 20.1 Å². The maximum Gasteiger partial charge on any atom is 0.328 e. The predicted molar refractivity (Wildman–Crippen MR) is 79.4 cm³/mol. The zero-order valence-electron chi connectivity index (χ0n) is 13.2. The third-order valence-corrected chi connectivity index (χ3v) is 2.32. The van der Waals surface area contributed by atoms with Gasteiger partial charge in [-0.3, -0.25) is 4.79 Å². The number of nitrogens with one attached hydrogen (secondary N) is 1. The SMILES string of the molecule is CCCCN(C)C(=NCC(=O)OC(C)(C)C)NCC. The van der Waals surface area contributed by atoms with Crippen LogP contribution in [0.25, 0.3) is 0 Å². The molecule has 0 saturated carbocycles. The second-order valence-corrected chi connectivity index (χ2v) is 5.53. The van der Waals surface area contributed by atoms with Crippen molar-refractivity contribution in [2.45, 2.75) is 53.1 Å². The number of unbranched alkanes of at least 4 members (excludes halogenated alkanes) is 1. The van der Waals surface area contributed by atoms with E-state index in [0.717, 1.165) is 31.9 Å². The number of ether oxygens (including phenoxy) is 1. The largest absolute Gasteiger partial charge is 0.459 e. The fourth-order valence-electron chi connectivity index (χ4n) is 1.48. The van der Waals surface area contributed by atoms with Gasteiger partial charge in [-0.2, -0.15) is 0 Å². The molecule has 5 heteroatoms. The van der Waals surface area contributed by atoms with Crippen LogP contribution in [-0.2, 0) is 9.53 Å². The molecule has 0 atom stereocenters. The van der Waals surface area contributed by atoms with Crippen LogP contribution in [0.1, 0.15) is 47.5 Å². The van der Waals surface area contributed by atoms with Crippen molar-refractivity contribution in [2.24, 2.45) is 4.99 Å². The minimum absolute atomic E-state index is 0.0517. The average molecular weight is 271 g/mol. The normalized spacial score (nSPS) is 12.2. The van der Waals surface area contributed by atoms with Crippen molar-refractivity contribution in [3.63, 3.8) is 0 Å². The smallest absolute Gasteiger partial charge is 0.328 e. The molecule has 0 aliphatic heterocycles. The highest BCUT2D eigenvalue weighted by Crippen LogP contribution is 2.06. The first-order valence-corrected chi connectivity index (χ1v) is 7.01. The van der Waals surface area contributed by atoms with Gasteiger partial charge in [0.1, 0.15) is 12.1 Å². The Morgan fingerprint density at radius 3 is 2.42 bits per heavy atom. The van der Waals surface area contributed by atoms with Crippen molar-refractivity contribution in [1.29, 1.82) is 0 Å². The van der Waals surface area contributed by atoms with E-state index in [4.69, 9.17) is 4.74 Å². The third kappa shape index (κ3) is 9.33. The summed E-state index contributed by atoms with van der Waals surface area (Å²) in [5.74, 6) is 0.452. The van der Waals surface area contributed by atoms with Gasteiger partial charge in [-0.25, -0.2) is 4.99 Å². The van der Waals surface area contributed by atoms with Crippen molar-refractivity contribution in [3.8, 4) is 0 Å². The Morgan fingerprint density at radius 1 is 1.32 bits per heavy atom. The molecule has 1 N–H and O–H groups in total. The molecular weight excluding hydrogens is 242 g/mol. The monoisotopic (exact) mass is 271 g/mol. The first kappa shape index (κ1) is 17.7. The molecule has 0 radical (unpaired) electrons. The van der Waals surface area contributed by atoms with Crippen LogP contribution in [0.2, 0.25) is 0 Å². The topological polar surface area (TPSA) is 53.9 Å². The van der Waals surface area contributed by atoms with E-state index in [2.05, 4.69) is 17.2 Å². The van der Waals surface area contributed by atoms with Gasteiger partial charge in [0.15, 0.2) is 5.96 Å². The highest BCUT2D eigenvalue weighted by molar-refractivity contribution is 5.83. The molecule has 0 heterocycles. The number of carbonyl (C=O) groups is 1. The van der Waals surface area contributed by atoms with Gasteiger partial charge in [-0.05, 0) is 34.1 Å². The summed E-state index contributed by atoms with van der Waals surface area (Å²) >= 11 is 0. The molecule has 0 aromatic rings.